The lowest BCUT2D eigenvalue weighted by atomic mass is 9.95. The summed E-state index contributed by atoms with van der Waals surface area (Å²) in [6.07, 6.45) is 12.6. The zero-order valence-corrected chi connectivity index (χ0v) is 51.0. The monoisotopic (exact) mass is 1230 g/mol. The van der Waals surface area contributed by atoms with Gasteiger partial charge < -0.3 is 19.5 Å². The molecule has 16 rings (SSSR count). The molecule has 0 aliphatic carbocycles. The van der Waals surface area contributed by atoms with E-state index in [1.54, 1.807) is 0 Å². The largest absolute Gasteiger partial charge is 0.357 e. The van der Waals surface area contributed by atoms with Gasteiger partial charge in [0.25, 0.3) is 0 Å². The molecule has 0 spiro atoms. The molecule has 4 saturated heterocycles. The Labute approximate surface area is 525 Å². The van der Waals surface area contributed by atoms with Crippen LogP contribution in [-0.4, -0.2) is 137 Å². The lowest BCUT2D eigenvalue weighted by Crippen LogP contribution is -2.72. The second kappa shape index (κ2) is 23.0. The van der Waals surface area contributed by atoms with E-state index in [0.29, 0.717) is 67.3 Å². The number of hydrogen-bond acceptors (Lipinski definition) is 17. The lowest BCUT2D eigenvalue weighted by molar-refractivity contribution is -0.259. The van der Waals surface area contributed by atoms with E-state index in [4.69, 9.17) is 75.4 Å². The molecule has 9 aromatic rings. The van der Waals surface area contributed by atoms with Crippen molar-refractivity contribution in [3.63, 3.8) is 0 Å². The third-order valence-electron chi connectivity index (χ3n) is 19.6. The smallest absolute Gasteiger partial charge is 0.155 e. The van der Waals surface area contributed by atoms with Crippen LogP contribution in [0.5, 0.6) is 0 Å². The maximum atomic E-state index is 14.8. The Morgan fingerprint density at radius 3 is 1.15 bits per heavy atom. The number of nitrogens with zero attached hydrogens (tertiary/aromatic N) is 19. The number of aromatic nitrogens is 12. The minimum atomic E-state index is -1.21. The molecule has 20 nitrogen and oxygen atoms in total. The van der Waals surface area contributed by atoms with E-state index in [0.717, 1.165) is 164 Å². The molecule has 448 valence electrons. The number of carbonyl (C=O) groups is 1. The Hall–Kier alpha value is -7.69. The zero-order chi connectivity index (χ0) is 59.0. The van der Waals surface area contributed by atoms with Gasteiger partial charge in [0.2, 0.25) is 0 Å². The standard InChI is InChI=1S/C65H66Cl3N19O/c66-50-10-13-53-46(33-50)36-81(39-59-72-75-62(85(53)59)43-16-26-78(27-17-43)56-7-1-4-23-69-56)65(82-37-47-34-51(67)11-14-54(47)86-60(40-82)73-76-63(86)44-18-28-79(29-19-44)57-8-2-5-24-70-57)49(42-88)22-32-84(65)83-38-48-35-52(68)12-15-55(48)87-61(41-83)74-77-64(87)45-20-30-80(31-21-45)58-9-3-6-25-71-58/h1-15,23-25,33-35,42-45,49H,16-22,26-32,36-41H2. The van der Waals surface area contributed by atoms with Crippen molar-refractivity contribution in [1.82, 2.24) is 79.1 Å². The molecule has 7 aliphatic rings. The molecule has 1 atom stereocenters. The van der Waals surface area contributed by atoms with Gasteiger partial charge in [-0.2, -0.15) is 0 Å². The van der Waals surface area contributed by atoms with Crippen molar-refractivity contribution in [3.05, 3.63) is 194 Å². The fourth-order valence-electron chi connectivity index (χ4n) is 15.5. The average molecular weight is 1240 g/mol. The van der Waals surface area contributed by atoms with E-state index in [-0.39, 0.29) is 17.8 Å². The van der Waals surface area contributed by atoms with Crippen molar-refractivity contribution < 1.29 is 4.79 Å². The first-order valence-electron chi connectivity index (χ1n) is 30.9. The highest BCUT2D eigenvalue weighted by atomic mass is 35.5. The van der Waals surface area contributed by atoms with Gasteiger partial charge >= 0.3 is 0 Å². The molecule has 1 unspecified atom stereocenters. The van der Waals surface area contributed by atoms with Gasteiger partial charge in [0.1, 0.15) is 41.2 Å². The number of benzene rings is 3. The predicted molar refractivity (Wildman–Crippen MR) is 336 cm³/mol. The number of anilines is 3. The molecule has 88 heavy (non-hydrogen) atoms. The number of aldehydes is 1. The second-order valence-corrected chi connectivity index (χ2v) is 25.8. The molecular formula is C65H66Cl3N19O. The van der Waals surface area contributed by atoms with E-state index in [1.807, 2.05) is 73.2 Å². The number of fused-ring (bicyclic) bond motifs is 9. The van der Waals surface area contributed by atoms with E-state index in [2.05, 4.69) is 108 Å². The number of pyridine rings is 3. The topological polar surface area (TPSA) is 171 Å². The van der Waals surface area contributed by atoms with Crippen molar-refractivity contribution in [1.29, 1.82) is 0 Å². The number of carbonyl (C=O) groups excluding carboxylic acids is 1. The van der Waals surface area contributed by atoms with E-state index < -0.39 is 11.7 Å². The van der Waals surface area contributed by atoms with Gasteiger partial charge in [-0.15, -0.1) is 30.6 Å². The Bertz CT molecular complexity index is 3860. The summed E-state index contributed by atoms with van der Waals surface area (Å²) in [7, 11) is 0. The minimum absolute atomic E-state index is 0.130. The number of piperidine rings is 3. The van der Waals surface area contributed by atoms with Crippen LogP contribution in [0.25, 0.3) is 17.1 Å². The Kier molecular flexibility index (Phi) is 14.6. The van der Waals surface area contributed by atoms with Crippen molar-refractivity contribution >= 4 is 58.5 Å². The third kappa shape index (κ3) is 9.73. The maximum Gasteiger partial charge on any atom is 0.155 e. The van der Waals surface area contributed by atoms with Gasteiger partial charge in [0, 0.05) is 117 Å². The molecule has 3 aromatic carbocycles. The second-order valence-electron chi connectivity index (χ2n) is 24.5. The normalized spacial score (nSPS) is 20.5. The summed E-state index contributed by atoms with van der Waals surface area (Å²) >= 11 is 21.4. The van der Waals surface area contributed by atoms with Crippen LogP contribution in [0.4, 0.5) is 17.5 Å². The SMILES string of the molecule is O=CC1CCN(N2Cc3cc(Cl)ccc3-n3c(nnc3C3CCN(c4ccccn4)CC3)C2)C1(N1Cc2cc(Cl)ccc2-n2c(nnc2C2CCN(c3ccccn3)CC2)C1)N1Cc2cc(Cl)ccc2-n2c(nnc2C2CCN(c3ccccn3)CC2)C1. The number of hydrazine groups is 1. The van der Waals surface area contributed by atoms with Gasteiger partial charge in [0.05, 0.1) is 42.6 Å². The van der Waals surface area contributed by atoms with Gasteiger partial charge in [-0.1, -0.05) is 53.0 Å². The first kappa shape index (κ1) is 55.6. The van der Waals surface area contributed by atoms with Gasteiger partial charge in [-0.3, -0.25) is 23.5 Å². The van der Waals surface area contributed by atoms with Crippen LogP contribution in [0.2, 0.25) is 15.1 Å². The molecule has 0 saturated carbocycles. The molecule has 0 N–H and O–H groups in total. The fraction of sp³-hybridized carbons (Fsp3) is 0.385. The van der Waals surface area contributed by atoms with Gasteiger partial charge in [-0.25, -0.2) is 25.0 Å². The molecule has 13 heterocycles. The summed E-state index contributed by atoms with van der Waals surface area (Å²) < 4.78 is 6.89. The molecule has 6 aromatic heterocycles. The molecule has 0 radical (unpaired) electrons. The molecule has 0 bridgehead atoms. The minimum Gasteiger partial charge on any atom is -0.357 e. The molecule has 7 aliphatic heterocycles. The van der Waals surface area contributed by atoms with Crippen LogP contribution >= 0.6 is 34.8 Å². The Balaban J connectivity index is 0.825. The first-order chi connectivity index (χ1) is 43.2. The van der Waals surface area contributed by atoms with Crippen LogP contribution in [0.1, 0.15) is 114 Å². The quantitative estimate of drug-likeness (QED) is 0.118. The fourth-order valence-corrected chi connectivity index (χ4v) is 16.1. The summed E-state index contributed by atoms with van der Waals surface area (Å²) in [5.41, 5.74) is 5.99. The van der Waals surface area contributed by atoms with Crippen LogP contribution in [0.3, 0.4) is 0 Å². The van der Waals surface area contributed by atoms with Crippen LogP contribution in [-0.2, 0) is 44.1 Å². The van der Waals surface area contributed by atoms with Crippen molar-refractivity contribution in [2.45, 2.75) is 108 Å². The van der Waals surface area contributed by atoms with E-state index in [1.165, 1.54) is 6.29 Å². The predicted octanol–water partition coefficient (Wildman–Crippen LogP) is 10.2. The van der Waals surface area contributed by atoms with Crippen LogP contribution < -0.4 is 14.7 Å². The van der Waals surface area contributed by atoms with Crippen molar-refractivity contribution in [2.75, 3.05) is 60.5 Å². The highest BCUT2D eigenvalue weighted by Gasteiger charge is 2.60. The number of halogens is 3. The summed E-state index contributed by atoms with van der Waals surface area (Å²) in [4.78, 5) is 40.9. The number of hydrogen-bond donors (Lipinski definition) is 0. The summed E-state index contributed by atoms with van der Waals surface area (Å²) in [5, 5.41) is 37.7. The first-order valence-corrected chi connectivity index (χ1v) is 32.0. The van der Waals surface area contributed by atoms with Gasteiger partial charge in [0.15, 0.2) is 23.3 Å². The Morgan fingerprint density at radius 2 is 0.784 bits per heavy atom. The number of rotatable bonds is 10. The highest BCUT2D eigenvalue weighted by molar-refractivity contribution is 6.31. The summed E-state index contributed by atoms with van der Waals surface area (Å²) in [5.74, 6) is 6.75. The lowest BCUT2D eigenvalue weighted by Gasteiger charge is -2.56. The van der Waals surface area contributed by atoms with Crippen molar-refractivity contribution in [2.24, 2.45) is 5.92 Å². The maximum absolute atomic E-state index is 14.8. The molecule has 23 heteroatoms. The van der Waals surface area contributed by atoms with Gasteiger partial charge in [-0.05, 0) is 153 Å². The van der Waals surface area contributed by atoms with E-state index >= 15 is 0 Å². The van der Waals surface area contributed by atoms with Crippen LogP contribution in [0.15, 0.2) is 128 Å². The van der Waals surface area contributed by atoms with Crippen LogP contribution in [0, 0.1) is 5.92 Å². The molecule has 4 fully saturated rings. The summed E-state index contributed by atoms with van der Waals surface area (Å²) in [6.45, 7) is 7.94. The zero-order valence-electron chi connectivity index (χ0n) is 48.7. The van der Waals surface area contributed by atoms with Crippen molar-refractivity contribution in [3.8, 4) is 17.1 Å². The molecule has 0 amide bonds. The van der Waals surface area contributed by atoms with E-state index in [9.17, 15) is 4.79 Å². The third-order valence-corrected chi connectivity index (χ3v) is 20.3. The summed E-state index contributed by atoms with van der Waals surface area (Å²) in [6, 6.07) is 36.8. The average Bonchev–Trinajstić information content (AvgIpc) is 1.64. The Morgan fingerprint density at radius 1 is 0.409 bits per heavy atom. The molecular weight excluding hydrogens is 1170 g/mol. The highest BCUT2D eigenvalue weighted by Crippen LogP contribution is 2.49.